The molecule has 2 aliphatic heterocycles. The van der Waals surface area contributed by atoms with E-state index < -0.39 is 26.1 Å². The molecule has 0 radical (unpaired) electrons. The number of hydrogen-bond donors (Lipinski definition) is 1. The zero-order valence-corrected chi connectivity index (χ0v) is 18.6. The van der Waals surface area contributed by atoms with Gasteiger partial charge in [-0.25, -0.2) is 21.6 Å². The lowest BCUT2D eigenvalue weighted by Crippen LogP contribution is -2.35. The summed E-state index contributed by atoms with van der Waals surface area (Å²) in [6, 6.07) is 7.27. The summed E-state index contributed by atoms with van der Waals surface area (Å²) in [5, 5.41) is 0.236. The van der Waals surface area contributed by atoms with Gasteiger partial charge in [-0.15, -0.1) is 0 Å². The molecule has 3 aliphatic rings. The molecule has 1 aliphatic carbocycles. The Morgan fingerprint density at radius 2 is 1.80 bits per heavy atom. The third kappa shape index (κ3) is 4.09. The summed E-state index contributed by atoms with van der Waals surface area (Å²) in [5.74, 6) is 0.186. The van der Waals surface area contributed by atoms with E-state index in [1.165, 1.54) is 18.3 Å². The lowest BCUT2D eigenvalue weighted by Gasteiger charge is -2.27. The van der Waals surface area contributed by atoms with Crippen molar-refractivity contribution in [1.82, 2.24) is 9.03 Å². The molecular weight excluding hydrogens is 448 g/mol. The lowest BCUT2D eigenvalue weighted by atomic mass is 10.0. The number of nitrogens with one attached hydrogen (secondary N) is 1. The van der Waals surface area contributed by atoms with E-state index in [1.807, 2.05) is 0 Å². The number of ether oxygens (including phenoxy) is 1. The molecule has 1 atom stereocenters. The predicted molar refractivity (Wildman–Crippen MR) is 114 cm³/mol. The topological polar surface area (TPSA) is 92.8 Å². The molecule has 7 nitrogen and oxygen atoms in total. The third-order valence-corrected chi connectivity index (χ3v) is 9.11. The first-order valence-corrected chi connectivity index (χ1v) is 13.1. The van der Waals surface area contributed by atoms with E-state index >= 15 is 0 Å². The van der Waals surface area contributed by atoms with Crippen molar-refractivity contribution < 1.29 is 21.6 Å². The van der Waals surface area contributed by atoms with E-state index in [4.69, 9.17) is 16.3 Å². The molecule has 0 spiro atoms. The molecule has 4 rings (SSSR count). The number of nitrogens with zero attached hydrogens (tertiary/aromatic N) is 1. The molecule has 0 aromatic heterocycles. The monoisotopic (exact) mass is 470 g/mol. The van der Waals surface area contributed by atoms with Crippen molar-refractivity contribution in [1.29, 1.82) is 0 Å². The molecule has 0 amide bonds. The highest BCUT2D eigenvalue weighted by atomic mass is 35.5. The van der Waals surface area contributed by atoms with Crippen molar-refractivity contribution in [3.8, 4) is 0 Å². The van der Waals surface area contributed by atoms with Crippen LogP contribution in [0.5, 0.6) is 0 Å². The van der Waals surface area contributed by atoms with Crippen molar-refractivity contribution in [2.45, 2.75) is 30.2 Å². The molecule has 1 aromatic rings. The number of rotatable bonds is 6. The fraction of sp³-hybridized carbons (Fsp3) is 0.400. The van der Waals surface area contributed by atoms with Crippen LogP contribution in [-0.4, -0.2) is 46.9 Å². The van der Waals surface area contributed by atoms with Crippen LogP contribution in [0.1, 0.15) is 19.3 Å². The second-order valence-electron chi connectivity index (χ2n) is 7.46. The van der Waals surface area contributed by atoms with Gasteiger partial charge in [-0.3, -0.25) is 4.31 Å². The number of hydrogen-bond acceptors (Lipinski definition) is 5. The summed E-state index contributed by atoms with van der Waals surface area (Å²) >= 11 is 6.35. The summed E-state index contributed by atoms with van der Waals surface area (Å²) in [6.45, 7) is 1.50. The Bertz CT molecular complexity index is 1110. The van der Waals surface area contributed by atoms with Gasteiger partial charge in [0.15, 0.2) is 0 Å². The Labute approximate surface area is 182 Å². The van der Waals surface area contributed by atoms with Crippen LogP contribution in [0, 0.1) is 5.92 Å². The van der Waals surface area contributed by atoms with Gasteiger partial charge in [0, 0.05) is 36.6 Å². The van der Waals surface area contributed by atoms with Gasteiger partial charge in [0.05, 0.1) is 10.9 Å². The number of sulfonamides is 2. The summed E-state index contributed by atoms with van der Waals surface area (Å²) in [7, 11) is -7.89. The van der Waals surface area contributed by atoms with Crippen molar-refractivity contribution in [2.24, 2.45) is 5.92 Å². The van der Waals surface area contributed by atoms with Crippen LogP contribution in [0.3, 0.4) is 0 Å². The van der Waals surface area contributed by atoms with Gasteiger partial charge in [-0.2, -0.15) is 0 Å². The van der Waals surface area contributed by atoms with Crippen LogP contribution < -0.4 is 4.72 Å². The maximum absolute atomic E-state index is 13.2. The highest BCUT2D eigenvalue weighted by Crippen LogP contribution is 2.41. The zero-order valence-electron chi connectivity index (χ0n) is 16.2. The fourth-order valence-corrected chi connectivity index (χ4v) is 7.23. The highest BCUT2D eigenvalue weighted by Gasteiger charge is 2.43. The van der Waals surface area contributed by atoms with Crippen molar-refractivity contribution in [3.63, 3.8) is 0 Å². The van der Waals surface area contributed by atoms with Gasteiger partial charge >= 0.3 is 0 Å². The molecule has 1 aromatic carbocycles. The summed E-state index contributed by atoms with van der Waals surface area (Å²) < 4.78 is 61.8. The van der Waals surface area contributed by atoms with Gasteiger partial charge in [0.2, 0.25) is 10.0 Å². The molecule has 0 saturated carbocycles. The van der Waals surface area contributed by atoms with Crippen LogP contribution in [0.2, 0.25) is 0 Å². The smallest absolute Gasteiger partial charge is 0.264 e. The minimum Gasteiger partial charge on any atom is -0.381 e. The fourth-order valence-electron chi connectivity index (χ4n) is 3.88. The molecular formula is C20H23ClN2O5S2. The minimum atomic E-state index is -3.95. The predicted octanol–water partition coefficient (Wildman–Crippen LogP) is 2.70. The number of halogens is 1. The van der Waals surface area contributed by atoms with Gasteiger partial charge in [-0.1, -0.05) is 35.9 Å². The Kier molecular flexibility index (Phi) is 6.09. The molecule has 30 heavy (non-hydrogen) atoms. The van der Waals surface area contributed by atoms with Crippen LogP contribution in [0.15, 0.2) is 69.1 Å². The SMILES string of the molecule is O=S(=O)(NCC1CCOCC1)C1=CN(S(=O)(=O)c2ccccc2)C2CC=CC(Cl)=C12. The number of allylic oxidation sites excluding steroid dienone is 2. The quantitative estimate of drug-likeness (QED) is 0.690. The number of benzene rings is 1. The van der Waals surface area contributed by atoms with E-state index in [2.05, 4.69) is 4.72 Å². The molecule has 162 valence electrons. The Morgan fingerprint density at radius 3 is 2.50 bits per heavy atom. The minimum absolute atomic E-state index is 0.0894. The van der Waals surface area contributed by atoms with Crippen LogP contribution >= 0.6 is 11.6 Å². The molecule has 1 saturated heterocycles. The summed E-state index contributed by atoms with van der Waals surface area (Å²) in [6.07, 6.45) is 6.48. The van der Waals surface area contributed by atoms with E-state index in [1.54, 1.807) is 30.4 Å². The van der Waals surface area contributed by atoms with Gasteiger partial charge in [0.1, 0.15) is 4.91 Å². The van der Waals surface area contributed by atoms with Gasteiger partial charge < -0.3 is 4.74 Å². The molecule has 1 N–H and O–H groups in total. The van der Waals surface area contributed by atoms with Crippen molar-refractivity contribution in [3.05, 3.63) is 64.2 Å². The maximum atomic E-state index is 13.2. The average Bonchev–Trinajstić information content (AvgIpc) is 3.17. The highest BCUT2D eigenvalue weighted by molar-refractivity contribution is 7.93. The Morgan fingerprint density at radius 1 is 1.10 bits per heavy atom. The molecule has 2 heterocycles. The van der Waals surface area contributed by atoms with Crippen LogP contribution in [0.4, 0.5) is 0 Å². The first-order valence-electron chi connectivity index (χ1n) is 9.75. The average molecular weight is 471 g/mol. The van der Waals surface area contributed by atoms with Gasteiger partial charge in [0.25, 0.3) is 10.0 Å². The second kappa shape index (κ2) is 8.47. The summed E-state index contributed by atoms with van der Waals surface area (Å²) in [5.41, 5.74) is 0.318. The van der Waals surface area contributed by atoms with E-state index in [0.29, 0.717) is 25.2 Å². The van der Waals surface area contributed by atoms with E-state index in [9.17, 15) is 16.8 Å². The lowest BCUT2D eigenvalue weighted by molar-refractivity contribution is 0.0678. The maximum Gasteiger partial charge on any atom is 0.264 e. The first kappa shape index (κ1) is 21.6. The van der Waals surface area contributed by atoms with Crippen LogP contribution in [-0.2, 0) is 24.8 Å². The molecule has 1 fully saturated rings. The van der Waals surface area contributed by atoms with E-state index in [-0.39, 0.29) is 27.3 Å². The normalized spacial score (nSPS) is 22.9. The Hall–Kier alpha value is -1.65. The first-order chi connectivity index (χ1) is 14.3. The number of fused-ring (bicyclic) bond motifs is 1. The van der Waals surface area contributed by atoms with Crippen molar-refractivity contribution in [2.75, 3.05) is 19.8 Å². The zero-order chi connectivity index (χ0) is 21.4. The van der Waals surface area contributed by atoms with Crippen molar-refractivity contribution >= 4 is 31.6 Å². The second-order valence-corrected chi connectivity index (χ2v) is 11.5. The largest absolute Gasteiger partial charge is 0.381 e. The Balaban J connectivity index is 1.68. The third-order valence-electron chi connectivity index (χ3n) is 5.54. The molecule has 1 unspecified atom stereocenters. The van der Waals surface area contributed by atoms with Crippen LogP contribution in [0.25, 0.3) is 0 Å². The molecule has 0 bridgehead atoms. The van der Waals surface area contributed by atoms with Gasteiger partial charge in [-0.05, 0) is 43.4 Å². The molecule has 10 heteroatoms. The van der Waals surface area contributed by atoms with E-state index in [0.717, 1.165) is 17.1 Å². The summed E-state index contributed by atoms with van der Waals surface area (Å²) in [4.78, 5) is 0.00787. The standard InChI is InChI=1S/C20H23ClN2O5S2/c21-17-7-4-8-18-20(17)19(29(24,25)22-13-15-9-11-28-12-10-15)14-23(18)30(26,27)16-5-2-1-3-6-16/h1-7,14-15,18,22H,8-13H2.